The van der Waals surface area contributed by atoms with Gasteiger partial charge < -0.3 is 9.88 Å². The van der Waals surface area contributed by atoms with E-state index in [1.165, 1.54) is 18.1 Å². The first-order valence-electron chi connectivity index (χ1n) is 5.37. The average molecular weight is 330 g/mol. The second-order valence-electron chi connectivity index (χ2n) is 3.94. The van der Waals surface area contributed by atoms with Gasteiger partial charge in [-0.15, -0.1) is 0 Å². The van der Waals surface area contributed by atoms with Gasteiger partial charge in [-0.3, -0.25) is 4.79 Å². The zero-order valence-corrected chi connectivity index (χ0v) is 11.5. The molecule has 1 amide bonds. The van der Waals surface area contributed by atoms with Gasteiger partial charge in [-0.05, 0) is 12.1 Å². The normalized spacial score (nSPS) is 10.5. The maximum atomic E-state index is 13.7. The molecule has 0 aliphatic rings. The molecule has 0 saturated heterocycles. The fourth-order valence-electron chi connectivity index (χ4n) is 1.62. The molecule has 1 aromatic carbocycles. The first-order valence-corrected chi connectivity index (χ1v) is 6.16. The molecule has 19 heavy (non-hydrogen) atoms. The average Bonchev–Trinajstić information content (AvgIpc) is 2.80. The molecule has 0 unspecified atom stereocenters. The van der Waals surface area contributed by atoms with E-state index >= 15 is 0 Å². The van der Waals surface area contributed by atoms with Crippen LogP contribution in [-0.4, -0.2) is 27.8 Å². The van der Waals surface area contributed by atoms with Gasteiger partial charge in [-0.1, -0.05) is 15.9 Å². The van der Waals surface area contributed by atoms with Crippen molar-refractivity contribution in [1.29, 1.82) is 0 Å². The smallest absolute Gasteiger partial charge is 0.259 e. The van der Waals surface area contributed by atoms with E-state index in [0.717, 1.165) is 12.1 Å². The molecule has 4 nitrogen and oxygen atoms in total. The lowest BCUT2D eigenvalue weighted by atomic mass is 10.1. The third kappa shape index (κ3) is 2.98. The number of imidazole rings is 1. The summed E-state index contributed by atoms with van der Waals surface area (Å²) in [5.74, 6) is -2.00. The Morgan fingerprint density at radius 1 is 1.42 bits per heavy atom. The first-order chi connectivity index (χ1) is 8.99. The maximum Gasteiger partial charge on any atom is 0.259 e. The second-order valence-corrected chi connectivity index (χ2v) is 4.86. The number of H-pyrrole nitrogens is 1. The Labute approximate surface area is 116 Å². The lowest BCUT2D eigenvalue weighted by Crippen LogP contribution is -2.28. The van der Waals surface area contributed by atoms with Gasteiger partial charge >= 0.3 is 0 Å². The van der Waals surface area contributed by atoms with E-state index in [0.29, 0.717) is 5.82 Å². The Morgan fingerprint density at radius 3 is 2.58 bits per heavy atom. The molecule has 1 heterocycles. The predicted octanol–water partition coefficient (Wildman–Crippen LogP) is 2.72. The van der Waals surface area contributed by atoms with Crippen molar-refractivity contribution >= 4 is 21.8 Å². The first kappa shape index (κ1) is 13.7. The van der Waals surface area contributed by atoms with E-state index in [9.17, 15) is 13.6 Å². The van der Waals surface area contributed by atoms with E-state index in [1.54, 1.807) is 6.20 Å². The molecule has 2 aromatic rings. The van der Waals surface area contributed by atoms with Gasteiger partial charge in [-0.25, -0.2) is 13.8 Å². The summed E-state index contributed by atoms with van der Waals surface area (Å²) < 4.78 is 27.6. The molecule has 100 valence electrons. The van der Waals surface area contributed by atoms with Crippen LogP contribution in [0, 0.1) is 11.6 Å². The highest BCUT2D eigenvalue weighted by molar-refractivity contribution is 9.10. The van der Waals surface area contributed by atoms with Crippen LogP contribution in [0.25, 0.3) is 0 Å². The van der Waals surface area contributed by atoms with Crippen LogP contribution < -0.4 is 0 Å². The highest BCUT2D eigenvalue weighted by Crippen LogP contribution is 2.20. The third-order valence-corrected chi connectivity index (χ3v) is 2.97. The van der Waals surface area contributed by atoms with Gasteiger partial charge in [0.05, 0.1) is 6.54 Å². The van der Waals surface area contributed by atoms with Crippen LogP contribution in [0.2, 0.25) is 0 Å². The van der Waals surface area contributed by atoms with Crippen molar-refractivity contribution in [3.8, 4) is 0 Å². The number of rotatable bonds is 3. The Balaban J connectivity index is 2.24. The zero-order chi connectivity index (χ0) is 14.0. The van der Waals surface area contributed by atoms with Crippen LogP contribution in [0.3, 0.4) is 0 Å². The molecule has 0 radical (unpaired) electrons. The minimum absolute atomic E-state index is 0.140. The number of carbonyl (C=O) groups is 1. The molecule has 0 aliphatic carbocycles. The van der Waals surface area contributed by atoms with Gasteiger partial charge in [0, 0.05) is 23.9 Å². The molecular formula is C12H10BrF2N3O. The summed E-state index contributed by atoms with van der Waals surface area (Å²) in [6, 6.07) is 2.11. The predicted molar refractivity (Wildman–Crippen MR) is 68.4 cm³/mol. The zero-order valence-electron chi connectivity index (χ0n) is 9.95. The number of hydrogen-bond acceptors (Lipinski definition) is 2. The van der Waals surface area contributed by atoms with Crippen LogP contribution >= 0.6 is 15.9 Å². The highest BCUT2D eigenvalue weighted by Gasteiger charge is 2.22. The monoisotopic (exact) mass is 329 g/mol. The Kier molecular flexibility index (Phi) is 3.94. The van der Waals surface area contributed by atoms with Crippen molar-refractivity contribution in [2.24, 2.45) is 0 Å². The van der Waals surface area contributed by atoms with Crippen molar-refractivity contribution in [2.75, 3.05) is 7.05 Å². The quantitative estimate of drug-likeness (QED) is 0.941. The van der Waals surface area contributed by atoms with Crippen LogP contribution in [0.15, 0.2) is 29.0 Å². The van der Waals surface area contributed by atoms with Crippen molar-refractivity contribution in [3.63, 3.8) is 0 Å². The van der Waals surface area contributed by atoms with E-state index in [-0.39, 0.29) is 11.0 Å². The fraction of sp³-hybridized carbons (Fsp3) is 0.167. The summed E-state index contributed by atoms with van der Waals surface area (Å²) >= 11 is 2.96. The van der Waals surface area contributed by atoms with Crippen LogP contribution in [0.1, 0.15) is 16.2 Å². The van der Waals surface area contributed by atoms with Gasteiger partial charge in [0.15, 0.2) is 0 Å². The molecule has 0 saturated carbocycles. The number of hydrogen-bond donors (Lipinski definition) is 1. The number of nitrogens with one attached hydrogen (secondary N) is 1. The van der Waals surface area contributed by atoms with Crippen molar-refractivity contribution in [1.82, 2.24) is 14.9 Å². The Hall–Kier alpha value is -1.76. The van der Waals surface area contributed by atoms with Crippen molar-refractivity contribution in [3.05, 3.63) is 52.0 Å². The number of carbonyl (C=O) groups excluding carboxylic acids is 1. The number of aromatic nitrogens is 2. The minimum atomic E-state index is -0.900. The van der Waals surface area contributed by atoms with Crippen LogP contribution in [0.5, 0.6) is 0 Å². The summed E-state index contributed by atoms with van der Waals surface area (Å²) in [6.07, 6.45) is 3.14. The highest BCUT2D eigenvalue weighted by atomic mass is 79.9. The largest absolute Gasteiger partial charge is 0.347 e. The molecule has 0 aliphatic heterocycles. The van der Waals surface area contributed by atoms with Crippen LogP contribution in [0.4, 0.5) is 8.78 Å². The molecule has 0 bridgehead atoms. The van der Waals surface area contributed by atoms with Crippen molar-refractivity contribution in [2.45, 2.75) is 6.54 Å². The summed E-state index contributed by atoms with van der Waals surface area (Å²) in [5, 5.41) is 0. The molecule has 0 fully saturated rings. The van der Waals surface area contributed by atoms with Gasteiger partial charge in [0.2, 0.25) is 0 Å². The maximum absolute atomic E-state index is 13.7. The van der Waals surface area contributed by atoms with E-state index in [2.05, 4.69) is 25.9 Å². The summed E-state index contributed by atoms with van der Waals surface area (Å²) in [4.78, 5) is 20.0. The number of amides is 1. The molecule has 7 heteroatoms. The summed E-state index contributed by atoms with van der Waals surface area (Å²) in [7, 11) is 1.45. The molecule has 2 rings (SSSR count). The van der Waals surface area contributed by atoms with E-state index in [4.69, 9.17) is 0 Å². The molecule has 0 spiro atoms. The molecular weight excluding hydrogens is 320 g/mol. The number of halogens is 3. The van der Waals surface area contributed by atoms with Gasteiger partial charge in [0.25, 0.3) is 5.91 Å². The Morgan fingerprint density at radius 2 is 2.05 bits per heavy atom. The molecule has 1 N–H and O–H groups in total. The lowest BCUT2D eigenvalue weighted by Gasteiger charge is -2.16. The fourth-order valence-corrected chi connectivity index (χ4v) is 2.02. The SMILES string of the molecule is CN(Cc1ncc[nH]1)C(=O)c1c(F)cc(Br)cc1F. The lowest BCUT2D eigenvalue weighted by molar-refractivity contribution is 0.0772. The summed E-state index contributed by atoms with van der Waals surface area (Å²) in [6.45, 7) is 0.140. The second kappa shape index (κ2) is 5.48. The van der Waals surface area contributed by atoms with Crippen molar-refractivity contribution < 1.29 is 13.6 Å². The third-order valence-electron chi connectivity index (χ3n) is 2.51. The van der Waals surface area contributed by atoms with Gasteiger partial charge in [0.1, 0.15) is 23.0 Å². The van der Waals surface area contributed by atoms with Crippen LogP contribution in [-0.2, 0) is 6.54 Å². The van der Waals surface area contributed by atoms with Gasteiger partial charge in [-0.2, -0.15) is 0 Å². The number of benzene rings is 1. The number of nitrogens with zero attached hydrogens (tertiary/aromatic N) is 2. The Bertz CT molecular complexity index is 578. The number of aromatic amines is 1. The molecule has 0 atom stereocenters. The minimum Gasteiger partial charge on any atom is -0.347 e. The van der Waals surface area contributed by atoms with E-state index < -0.39 is 23.1 Å². The molecule has 1 aromatic heterocycles. The standard InChI is InChI=1S/C12H10BrF2N3O/c1-18(6-10-16-2-3-17-10)12(19)11-8(14)4-7(13)5-9(11)15/h2-5H,6H2,1H3,(H,16,17). The summed E-state index contributed by atoms with van der Waals surface area (Å²) in [5.41, 5.74) is -0.572. The van der Waals surface area contributed by atoms with E-state index in [1.807, 2.05) is 0 Å². The topological polar surface area (TPSA) is 49.0 Å².